The molecule has 0 spiro atoms. The molecule has 2 nitrogen and oxygen atoms in total. The van der Waals surface area contributed by atoms with E-state index in [4.69, 9.17) is 11.6 Å². The van der Waals surface area contributed by atoms with Gasteiger partial charge in [0, 0.05) is 24.4 Å². The summed E-state index contributed by atoms with van der Waals surface area (Å²) in [5.74, 6) is 1.15. The van der Waals surface area contributed by atoms with Gasteiger partial charge in [-0.1, -0.05) is 13.8 Å². The summed E-state index contributed by atoms with van der Waals surface area (Å²) in [5, 5.41) is 0. The van der Waals surface area contributed by atoms with Crippen LogP contribution in [0.4, 0.5) is 0 Å². The molecule has 0 bridgehead atoms. The molecule has 1 aliphatic heterocycles. The van der Waals surface area contributed by atoms with Crippen LogP contribution >= 0.6 is 11.6 Å². The first-order valence-corrected chi connectivity index (χ1v) is 6.06. The van der Waals surface area contributed by atoms with E-state index in [1.54, 1.807) is 0 Å². The van der Waals surface area contributed by atoms with E-state index < -0.39 is 0 Å². The number of nitrogens with zero attached hydrogens (tertiary/aromatic N) is 1. The lowest BCUT2D eigenvalue weighted by Crippen LogP contribution is -2.38. The van der Waals surface area contributed by atoms with Gasteiger partial charge in [0.05, 0.1) is 0 Å². The van der Waals surface area contributed by atoms with Crippen molar-refractivity contribution in [1.82, 2.24) is 4.90 Å². The SMILES string of the molecule is CC(C)C(=O)N1CCCC1CCCCl. The first kappa shape index (κ1) is 11.8. The Kier molecular flexibility index (Phi) is 4.73. The summed E-state index contributed by atoms with van der Waals surface area (Å²) in [6.07, 6.45) is 4.41. The first-order chi connectivity index (χ1) is 6.66. The summed E-state index contributed by atoms with van der Waals surface area (Å²) in [6, 6.07) is 0.462. The van der Waals surface area contributed by atoms with Gasteiger partial charge in [-0.15, -0.1) is 11.6 Å². The maximum atomic E-state index is 11.8. The van der Waals surface area contributed by atoms with E-state index in [-0.39, 0.29) is 5.92 Å². The maximum absolute atomic E-state index is 11.8. The quantitative estimate of drug-likeness (QED) is 0.663. The molecule has 0 radical (unpaired) electrons. The number of carbonyl (C=O) groups excluding carboxylic acids is 1. The molecule has 1 unspecified atom stereocenters. The number of amides is 1. The molecule has 3 heteroatoms. The topological polar surface area (TPSA) is 20.3 Å². The zero-order valence-corrected chi connectivity index (χ0v) is 9.89. The summed E-state index contributed by atoms with van der Waals surface area (Å²) >= 11 is 5.67. The van der Waals surface area contributed by atoms with Crippen LogP contribution in [0.1, 0.15) is 39.5 Å². The molecule has 1 saturated heterocycles. The van der Waals surface area contributed by atoms with Gasteiger partial charge < -0.3 is 4.90 Å². The van der Waals surface area contributed by atoms with Gasteiger partial charge in [-0.05, 0) is 25.7 Å². The van der Waals surface area contributed by atoms with E-state index in [2.05, 4.69) is 4.90 Å². The fourth-order valence-electron chi connectivity index (χ4n) is 2.07. The molecular weight excluding hydrogens is 198 g/mol. The fourth-order valence-corrected chi connectivity index (χ4v) is 2.22. The van der Waals surface area contributed by atoms with Gasteiger partial charge >= 0.3 is 0 Å². The maximum Gasteiger partial charge on any atom is 0.225 e. The van der Waals surface area contributed by atoms with Gasteiger partial charge in [0.15, 0.2) is 0 Å². The predicted molar refractivity (Wildman–Crippen MR) is 59.5 cm³/mol. The minimum Gasteiger partial charge on any atom is -0.339 e. The Morgan fingerprint density at radius 1 is 1.57 bits per heavy atom. The van der Waals surface area contributed by atoms with Gasteiger partial charge in [0.2, 0.25) is 5.91 Å². The zero-order valence-electron chi connectivity index (χ0n) is 9.13. The predicted octanol–water partition coefficient (Wildman–Crippen LogP) is 2.65. The number of hydrogen-bond acceptors (Lipinski definition) is 1. The van der Waals surface area contributed by atoms with Crippen molar-refractivity contribution >= 4 is 17.5 Å². The minimum atomic E-state index is 0.131. The molecule has 14 heavy (non-hydrogen) atoms. The van der Waals surface area contributed by atoms with Crippen molar-refractivity contribution < 1.29 is 4.79 Å². The summed E-state index contributed by atoms with van der Waals surface area (Å²) < 4.78 is 0. The highest BCUT2D eigenvalue weighted by Gasteiger charge is 2.29. The molecule has 0 aromatic rings. The van der Waals surface area contributed by atoms with Crippen molar-refractivity contribution in [2.75, 3.05) is 12.4 Å². The van der Waals surface area contributed by atoms with Gasteiger partial charge in [0.25, 0.3) is 0 Å². The summed E-state index contributed by atoms with van der Waals surface area (Å²) in [5.41, 5.74) is 0. The van der Waals surface area contributed by atoms with Crippen molar-refractivity contribution in [3.05, 3.63) is 0 Å². The third-order valence-electron chi connectivity index (χ3n) is 2.83. The second-order valence-corrected chi connectivity index (χ2v) is 4.69. The van der Waals surface area contributed by atoms with Crippen LogP contribution in [0.5, 0.6) is 0 Å². The Morgan fingerprint density at radius 2 is 2.29 bits per heavy atom. The smallest absolute Gasteiger partial charge is 0.225 e. The second kappa shape index (κ2) is 5.59. The van der Waals surface area contributed by atoms with Crippen molar-refractivity contribution in [1.29, 1.82) is 0 Å². The van der Waals surface area contributed by atoms with Gasteiger partial charge in [-0.25, -0.2) is 0 Å². The van der Waals surface area contributed by atoms with Crippen molar-refractivity contribution in [2.45, 2.75) is 45.6 Å². The average molecular weight is 218 g/mol. The van der Waals surface area contributed by atoms with Crippen LogP contribution in [0, 0.1) is 5.92 Å². The number of carbonyl (C=O) groups is 1. The molecule has 1 amide bonds. The van der Waals surface area contributed by atoms with Crippen molar-refractivity contribution in [3.8, 4) is 0 Å². The van der Waals surface area contributed by atoms with Crippen LogP contribution in [0.2, 0.25) is 0 Å². The lowest BCUT2D eigenvalue weighted by Gasteiger charge is -2.26. The Bertz CT molecular complexity index is 194. The lowest BCUT2D eigenvalue weighted by atomic mass is 10.1. The second-order valence-electron chi connectivity index (χ2n) is 4.31. The Balaban J connectivity index is 2.46. The van der Waals surface area contributed by atoms with Crippen LogP contribution in [-0.2, 0) is 4.79 Å². The van der Waals surface area contributed by atoms with Crippen LogP contribution in [0.3, 0.4) is 0 Å². The van der Waals surface area contributed by atoms with Gasteiger partial charge in [0.1, 0.15) is 0 Å². The highest BCUT2D eigenvalue weighted by Crippen LogP contribution is 2.23. The molecule has 0 aromatic carbocycles. The van der Waals surface area contributed by atoms with Crippen LogP contribution in [-0.4, -0.2) is 29.3 Å². The molecule has 0 aliphatic carbocycles. The molecule has 0 aromatic heterocycles. The molecular formula is C11H20ClNO. The standard InChI is InChI=1S/C11H20ClNO/c1-9(2)11(14)13-8-4-6-10(13)5-3-7-12/h9-10H,3-8H2,1-2H3. The average Bonchev–Trinajstić information content (AvgIpc) is 2.61. The molecule has 0 N–H and O–H groups in total. The fraction of sp³-hybridized carbons (Fsp3) is 0.909. The Hall–Kier alpha value is -0.240. The Labute approximate surface area is 91.6 Å². The summed E-state index contributed by atoms with van der Waals surface area (Å²) in [6.45, 7) is 4.89. The molecule has 1 fully saturated rings. The number of halogens is 1. The molecule has 82 valence electrons. The third-order valence-corrected chi connectivity index (χ3v) is 3.09. The van der Waals surface area contributed by atoms with Crippen molar-refractivity contribution in [2.24, 2.45) is 5.92 Å². The Morgan fingerprint density at radius 3 is 2.86 bits per heavy atom. The van der Waals surface area contributed by atoms with E-state index in [0.717, 1.165) is 32.2 Å². The van der Waals surface area contributed by atoms with E-state index in [1.165, 1.54) is 0 Å². The minimum absolute atomic E-state index is 0.131. The van der Waals surface area contributed by atoms with E-state index in [1.807, 2.05) is 13.8 Å². The number of likely N-dealkylation sites (tertiary alicyclic amines) is 1. The van der Waals surface area contributed by atoms with Gasteiger partial charge in [-0.2, -0.15) is 0 Å². The summed E-state index contributed by atoms with van der Waals surface area (Å²) in [4.78, 5) is 13.9. The van der Waals surface area contributed by atoms with E-state index >= 15 is 0 Å². The lowest BCUT2D eigenvalue weighted by molar-refractivity contribution is -0.135. The van der Waals surface area contributed by atoms with E-state index in [9.17, 15) is 4.79 Å². The van der Waals surface area contributed by atoms with Crippen LogP contribution in [0.15, 0.2) is 0 Å². The third kappa shape index (κ3) is 2.88. The number of rotatable bonds is 4. The highest BCUT2D eigenvalue weighted by molar-refractivity contribution is 6.17. The summed E-state index contributed by atoms with van der Waals surface area (Å²) in [7, 11) is 0. The zero-order chi connectivity index (χ0) is 10.6. The highest BCUT2D eigenvalue weighted by atomic mass is 35.5. The van der Waals surface area contributed by atoms with E-state index in [0.29, 0.717) is 17.8 Å². The van der Waals surface area contributed by atoms with Gasteiger partial charge in [-0.3, -0.25) is 4.79 Å². The number of alkyl halides is 1. The van der Waals surface area contributed by atoms with Crippen molar-refractivity contribution in [3.63, 3.8) is 0 Å². The van der Waals surface area contributed by atoms with Crippen LogP contribution in [0.25, 0.3) is 0 Å². The molecule has 1 atom stereocenters. The normalized spacial score (nSPS) is 22.0. The molecule has 0 saturated carbocycles. The molecule has 1 heterocycles. The molecule has 1 aliphatic rings. The number of hydrogen-bond donors (Lipinski definition) is 0. The van der Waals surface area contributed by atoms with Crippen LogP contribution < -0.4 is 0 Å². The largest absolute Gasteiger partial charge is 0.339 e. The first-order valence-electron chi connectivity index (χ1n) is 5.53. The molecule has 1 rings (SSSR count). The monoisotopic (exact) mass is 217 g/mol.